The van der Waals surface area contributed by atoms with Gasteiger partial charge in [0, 0.05) is 6.54 Å². The van der Waals surface area contributed by atoms with Crippen LogP contribution >= 0.6 is 0 Å². The normalized spacial score (nSPS) is 40.9. The van der Waals surface area contributed by atoms with E-state index in [2.05, 4.69) is 39.8 Å². The Hall–Kier alpha value is -0.0800. The zero-order chi connectivity index (χ0) is 12.0. The summed E-state index contributed by atoms with van der Waals surface area (Å²) in [4.78, 5) is 2.20. The zero-order valence-corrected chi connectivity index (χ0v) is 11.5. The fraction of sp³-hybridized carbons (Fsp3) is 1.00. The average molecular weight is 225 g/mol. The highest BCUT2D eigenvalue weighted by molar-refractivity contribution is 5.11. The average Bonchev–Trinajstić information content (AvgIpc) is 2.49. The van der Waals surface area contributed by atoms with Gasteiger partial charge in [0.15, 0.2) is 0 Å². The van der Waals surface area contributed by atoms with Crippen LogP contribution in [0.25, 0.3) is 0 Å². The third-order valence-corrected chi connectivity index (χ3v) is 5.57. The summed E-state index contributed by atoms with van der Waals surface area (Å²) in [7, 11) is 4.21. The lowest BCUT2D eigenvalue weighted by Crippen LogP contribution is -2.38. The van der Waals surface area contributed by atoms with Crippen LogP contribution in [-0.4, -0.2) is 38.3 Å². The molecular formula is C14H27NO. The molecule has 2 saturated carbocycles. The van der Waals surface area contributed by atoms with Gasteiger partial charge < -0.3 is 9.64 Å². The van der Waals surface area contributed by atoms with Crippen LogP contribution in [0.3, 0.4) is 0 Å². The molecule has 2 aliphatic rings. The number of ether oxygens (including phenoxy) is 1. The summed E-state index contributed by atoms with van der Waals surface area (Å²) in [6.07, 6.45) is 4.56. The van der Waals surface area contributed by atoms with Gasteiger partial charge in [-0.05, 0) is 50.1 Å². The van der Waals surface area contributed by atoms with E-state index in [4.69, 9.17) is 4.74 Å². The van der Waals surface area contributed by atoms with Gasteiger partial charge in [-0.25, -0.2) is 0 Å². The maximum Gasteiger partial charge on any atom is 0.0637 e. The van der Waals surface area contributed by atoms with E-state index < -0.39 is 0 Å². The lowest BCUT2D eigenvalue weighted by molar-refractivity contribution is -0.0495. The molecule has 2 bridgehead atoms. The Morgan fingerprint density at radius 2 is 1.94 bits per heavy atom. The Kier molecular flexibility index (Phi) is 3.09. The summed E-state index contributed by atoms with van der Waals surface area (Å²) >= 11 is 0. The van der Waals surface area contributed by atoms with Crippen molar-refractivity contribution in [3.63, 3.8) is 0 Å². The van der Waals surface area contributed by atoms with E-state index in [-0.39, 0.29) is 0 Å². The molecule has 2 fully saturated rings. The van der Waals surface area contributed by atoms with Crippen molar-refractivity contribution in [2.75, 3.05) is 27.2 Å². The second kappa shape index (κ2) is 3.99. The van der Waals surface area contributed by atoms with Crippen LogP contribution < -0.4 is 0 Å². The van der Waals surface area contributed by atoms with Crippen LogP contribution in [0, 0.1) is 16.7 Å². The highest BCUT2D eigenvalue weighted by Crippen LogP contribution is 2.66. The molecule has 2 aliphatic carbocycles. The minimum Gasteiger partial charge on any atom is -0.376 e. The fourth-order valence-electron chi connectivity index (χ4n) is 3.76. The number of rotatable bonds is 4. The molecule has 0 aromatic carbocycles. The first kappa shape index (κ1) is 12.4. The van der Waals surface area contributed by atoms with E-state index in [0.717, 1.165) is 19.1 Å². The van der Waals surface area contributed by atoms with E-state index >= 15 is 0 Å². The molecule has 0 heterocycles. The molecule has 16 heavy (non-hydrogen) atoms. The largest absolute Gasteiger partial charge is 0.376 e. The molecule has 3 atom stereocenters. The van der Waals surface area contributed by atoms with E-state index in [0.29, 0.717) is 16.9 Å². The predicted molar refractivity (Wildman–Crippen MR) is 67.5 cm³/mol. The van der Waals surface area contributed by atoms with Crippen molar-refractivity contribution in [2.24, 2.45) is 16.7 Å². The summed E-state index contributed by atoms with van der Waals surface area (Å²) in [5, 5.41) is 0. The Morgan fingerprint density at radius 3 is 2.38 bits per heavy atom. The number of nitrogens with zero attached hydrogens (tertiary/aromatic N) is 1. The first-order chi connectivity index (χ1) is 7.38. The molecule has 0 aliphatic heterocycles. The smallest absolute Gasteiger partial charge is 0.0637 e. The number of fused-ring (bicyclic) bond motifs is 2. The fourth-order valence-corrected chi connectivity index (χ4v) is 3.76. The van der Waals surface area contributed by atoms with Gasteiger partial charge in [0.05, 0.1) is 12.7 Å². The van der Waals surface area contributed by atoms with Gasteiger partial charge in [0.1, 0.15) is 0 Å². The van der Waals surface area contributed by atoms with Crippen molar-refractivity contribution >= 4 is 0 Å². The Labute approximate surface area is 100 Å². The standard InChI is InChI=1S/C14H27NO/c1-13(2)11-6-7-14(13,3)12(10-11)16-9-8-15(4)5/h11-12H,6-10H2,1-5H3/t11-,12?,14+/m1/s1. The number of hydrogen-bond acceptors (Lipinski definition) is 2. The van der Waals surface area contributed by atoms with Crippen molar-refractivity contribution in [1.29, 1.82) is 0 Å². The van der Waals surface area contributed by atoms with Crippen molar-refractivity contribution in [2.45, 2.75) is 46.1 Å². The quantitative estimate of drug-likeness (QED) is 0.729. The molecular weight excluding hydrogens is 198 g/mol. The molecule has 2 rings (SSSR count). The SMILES string of the molecule is CN(C)CCOC1C[C@H]2CC[C@]1(C)C2(C)C. The molecule has 0 aromatic rings. The van der Waals surface area contributed by atoms with Crippen LogP contribution in [0.2, 0.25) is 0 Å². The van der Waals surface area contributed by atoms with Gasteiger partial charge >= 0.3 is 0 Å². The highest BCUT2D eigenvalue weighted by Gasteiger charge is 2.61. The van der Waals surface area contributed by atoms with E-state index in [1.165, 1.54) is 19.3 Å². The molecule has 0 spiro atoms. The molecule has 2 nitrogen and oxygen atoms in total. The molecule has 0 N–H and O–H groups in total. The van der Waals surface area contributed by atoms with Gasteiger partial charge in [-0.15, -0.1) is 0 Å². The van der Waals surface area contributed by atoms with Gasteiger partial charge in [-0.1, -0.05) is 20.8 Å². The maximum atomic E-state index is 6.14. The van der Waals surface area contributed by atoms with E-state index in [9.17, 15) is 0 Å². The molecule has 1 unspecified atom stereocenters. The molecule has 0 amide bonds. The summed E-state index contributed by atoms with van der Waals surface area (Å²) in [5.74, 6) is 0.891. The Morgan fingerprint density at radius 1 is 1.25 bits per heavy atom. The predicted octanol–water partition coefficient (Wildman–Crippen LogP) is 2.78. The first-order valence-electron chi connectivity index (χ1n) is 6.64. The van der Waals surface area contributed by atoms with Gasteiger partial charge in [0.25, 0.3) is 0 Å². The second-order valence-corrected chi connectivity index (χ2v) is 6.77. The van der Waals surface area contributed by atoms with Crippen LogP contribution in [0.15, 0.2) is 0 Å². The third-order valence-electron chi connectivity index (χ3n) is 5.57. The third kappa shape index (κ3) is 1.70. The van der Waals surface area contributed by atoms with Crippen molar-refractivity contribution in [3.05, 3.63) is 0 Å². The van der Waals surface area contributed by atoms with Crippen LogP contribution in [0.1, 0.15) is 40.0 Å². The topological polar surface area (TPSA) is 12.5 Å². The lowest BCUT2D eigenvalue weighted by Gasteiger charge is -2.39. The first-order valence-corrected chi connectivity index (χ1v) is 6.64. The number of likely N-dealkylation sites (N-methyl/N-ethyl adjacent to an activating group) is 1. The minimum atomic E-state index is 0.421. The molecule has 94 valence electrons. The van der Waals surface area contributed by atoms with Crippen LogP contribution in [0.5, 0.6) is 0 Å². The van der Waals surface area contributed by atoms with E-state index in [1.807, 2.05) is 0 Å². The lowest BCUT2D eigenvalue weighted by atomic mass is 9.70. The van der Waals surface area contributed by atoms with Crippen LogP contribution in [0.4, 0.5) is 0 Å². The molecule has 0 radical (unpaired) electrons. The maximum absolute atomic E-state index is 6.14. The Balaban J connectivity index is 1.94. The Bertz CT molecular complexity index is 261. The summed E-state index contributed by atoms with van der Waals surface area (Å²) < 4.78 is 6.14. The highest BCUT2D eigenvalue weighted by atomic mass is 16.5. The molecule has 0 saturated heterocycles. The van der Waals surface area contributed by atoms with Crippen molar-refractivity contribution in [1.82, 2.24) is 4.90 Å². The van der Waals surface area contributed by atoms with E-state index in [1.54, 1.807) is 0 Å². The molecule has 2 heteroatoms. The number of hydrogen-bond donors (Lipinski definition) is 0. The monoisotopic (exact) mass is 225 g/mol. The van der Waals surface area contributed by atoms with Crippen molar-refractivity contribution < 1.29 is 4.74 Å². The minimum absolute atomic E-state index is 0.421. The molecule has 0 aromatic heterocycles. The zero-order valence-electron chi connectivity index (χ0n) is 11.5. The van der Waals surface area contributed by atoms with Gasteiger partial charge in [0.2, 0.25) is 0 Å². The second-order valence-electron chi connectivity index (χ2n) is 6.77. The summed E-state index contributed by atoms with van der Waals surface area (Å²) in [5.41, 5.74) is 0.903. The van der Waals surface area contributed by atoms with Crippen molar-refractivity contribution in [3.8, 4) is 0 Å². The van der Waals surface area contributed by atoms with Gasteiger partial charge in [-0.3, -0.25) is 0 Å². The summed E-state index contributed by atoms with van der Waals surface area (Å²) in [6, 6.07) is 0. The summed E-state index contributed by atoms with van der Waals surface area (Å²) in [6.45, 7) is 9.26. The van der Waals surface area contributed by atoms with Gasteiger partial charge in [-0.2, -0.15) is 0 Å². The van der Waals surface area contributed by atoms with Crippen LogP contribution in [-0.2, 0) is 4.74 Å².